The first-order chi connectivity index (χ1) is 8.78. The number of nitrogens with two attached hydrogens (primary N) is 1. The Balaban J connectivity index is 1.92. The zero-order valence-corrected chi connectivity index (χ0v) is 10.4. The summed E-state index contributed by atoms with van der Waals surface area (Å²) in [6.45, 7) is 0.809. The Bertz CT molecular complexity index is 498. The van der Waals surface area contributed by atoms with Crippen LogP contribution in [0.2, 0.25) is 0 Å². The summed E-state index contributed by atoms with van der Waals surface area (Å²) in [4.78, 5) is 8.16. The van der Waals surface area contributed by atoms with Crippen molar-refractivity contribution in [3.8, 4) is 0 Å². The number of nitrogens with one attached hydrogen (secondary N) is 2. The normalized spacial score (nSPS) is 10.1. The molecule has 0 amide bonds. The minimum absolute atomic E-state index is 0.268. The summed E-state index contributed by atoms with van der Waals surface area (Å²) >= 11 is 0. The summed E-state index contributed by atoms with van der Waals surface area (Å²) in [5.74, 6) is 1.72. The van der Waals surface area contributed by atoms with Gasteiger partial charge in [-0.3, -0.25) is 0 Å². The molecule has 1 aromatic heterocycles. The molecule has 0 bridgehead atoms. The molecule has 0 aliphatic rings. The molecule has 0 aliphatic heterocycles. The van der Waals surface area contributed by atoms with Gasteiger partial charge in [0.1, 0.15) is 11.6 Å². The van der Waals surface area contributed by atoms with E-state index in [4.69, 9.17) is 5.73 Å². The zero-order valence-electron chi connectivity index (χ0n) is 10.4. The molecule has 0 radical (unpaired) electrons. The quantitative estimate of drug-likeness (QED) is 0.746. The number of nitrogens with zero attached hydrogens (tertiary/aromatic N) is 2. The van der Waals surface area contributed by atoms with E-state index < -0.39 is 0 Å². The Kier molecular flexibility index (Phi) is 3.96. The molecule has 0 atom stereocenters. The Morgan fingerprint density at radius 1 is 1.11 bits per heavy atom. The Morgan fingerprint density at radius 2 is 1.83 bits per heavy atom. The van der Waals surface area contributed by atoms with E-state index in [0.717, 1.165) is 18.8 Å². The van der Waals surface area contributed by atoms with Gasteiger partial charge < -0.3 is 16.4 Å². The van der Waals surface area contributed by atoms with E-state index >= 15 is 0 Å². The summed E-state index contributed by atoms with van der Waals surface area (Å²) < 4.78 is 0. The van der Waals surface area contributed by atoms with Gasteiger partial charge in [0, 0.05) is 19.7 Å². The van der Waals surface area contributed by atoms with E-state index in [1.165, 1.54) is 5.56 Å². The first-order valence-corrected chi connectivity index (χ1v) is 5.88. The second-order valence-electron chi connectivity index (χ2n) is 3.91. The predicted octanol–water partition coefficient (Wildman–Crippen LogP) is 1.76. The molecule has 0 unspecified atom stereocenters. The topological polar surface area (TPSA) is 75.9 Å². The molecule has 0 fully saturated rings. The van der Waals surface area contributed by atoms with Crippen molar-refractivity contribution < 1.29 is 0 Å². The van der Waals surface area contributed by atoms with Gasteiger partial charge in [-0.1, -0.05) is 30.3 Å². The highest BCUT2D eigenvalue weighted by molar-refractivity contribution is 5.50. The molecule has 1 heterocycles. The highest BCUT2D eigenvalue weighted by Gasteiger charge is 2.00. The molecule has 0 saturated heterocycles. The standard InChI is InChI=1S/C13H17N5/c1-15-11-9-12(18-13(14)17-11)16-8-7-10-5-3-2-4-6-10/h2-6,9H,7-8H2,1H3,(H4,14,15,16,17,18). The molecule has 2 rings (SSSR count). The minimum atomic E-state index is 0.268. The van der Waals surface area contributed by atoms with Gasteiger partial charge in [-0.2, -0.15) is 9.97 Å². The van der Waals surface area contributed by atoms with Crippen LogP contribution in [0.1, 0.15) is 5.56 Å². The lowest BCUT2D eigenvalue weighted by Crippen LogP contribution is -2.09. The van der Waals surface area contributed by atoms with Gasteiger partial charge in [-0.25, -0.2) is 0 Å². The van der Waals surface area contributed by atoms with Crippen LogP contribution < -0.4 is 16.4 Å². The fraction of sp³-hybridized carbons (Fsp3) is 0.231. The first kappa shape index (κ1) is 12.2. The molecule has 94 valence electrons. The highest BCUT2D eigenvalue weighted by Crippen LogP contribution is 2.11. The molecule has 0 spiro atoms. The second kappa shape index (κ2) is 5.86. The first-order valence-electron chi connectivity index (χ1n) is 5.88. The average Bonchev–Trinajstić information content (AvgIpc) is 2.39. The number of hydrogen-bond acceptors (Lipinski definition) is 5. The van der Waals surface area contributed by atoms with Crippen LogP contribution in [-0.4, -0.2) is 23.6 Å². The van der Waals surface area contributed by atoms with Crippen LogP contribution in [0.4, 0.5) is 17.6 Å². The third-order valence-corrected chi connectivity index (χ3v) is 2.56. The number of nitrogen functional groups attached to an aromatic ring is 1. The maximum atomic E-state index is 5.62. The van der Waals surface area contributed by atoms with Crippen molar-refractivity contribution >= 4 is 17.6 Å². The van der Waals surface area contributed by atoms with Gasteiger partial charge in [0.05, 0.1) is 0 Å². The number of anilines is 3. The molecule has 4 N–H and O–H groups in total. The van der Waals surface area contributed by atoms with Crippen LogP contribution in [0.25, 0.3) is 0 Å². The smallest absolute Gasteiger partial charge is 0.223 e. The van der Waals surface area contributed by atoms with Crippen molar-refractivity contribution in [1.29, 1.82) is 0 Å². The zero-order chi connectivity index (χ0) is 12.8. The van der Waals surface area contributed by atoms with Crippen molar-refractivity contribution in [2.24, 2.45) is 0 Å². The molecular formula is C13H17N5. The molecule has 5 nitrogen and oxygen atoms in total. The third-order valence-electron chi connectivity index (χ3n) is 2.56. The van der Waals surface area contributed by atoms with Crippen LogP contribution >= 0.6 is 0 Å². The van der Waals surface area contributed by atoms with E-state index in [0.29, 0.717) is 5.82 Å². The van der Waals surface area contributed by atoms with E-state index in [1.54, 1.807) is 7.05 Å². The summed E-state index contributed by atoms with van der Waals surface area (Å²) in [5.41, 5.74) is 6.91. The number of rotatable bonds is 5. The number of benzene rings is 1. The van der Waals surface area contributed by atoms with Crippen LogP contribution in [0.5, 0.6) is 0 Å². The molecule has 2 aromatic rings. The van der Waals surface area contributed by atoms with Gasteiger partial charge >= 0.3 is 0 Å². The van der Waals surface area contributed by atoms with Crippen molar-refractivity contribution in [2.45, 2.75) is 6.42 Å². The second-order valence-corrected chi connectivity index (χ2v) is 3.91. The minimum Gasteiger partial charge on any atom is -0.373 e. The lowest BCUT2D eigenvalue weighted by atomic mass is 10.1. The monoisotopic (exact) mass is 243 g/mol. The van der Waals surface area contributed by atoms with E-state index in [2.05, 4.69) is 32.7 Å². The Hall–Kier alpha value is -2.30. The van der Waals surface area contributed by atoms with Crippen molar-refractivity contribution in [2.75, 3.05) is 30.0 Å². The van der Waals surface area contributed by atoms with Crippen molar-refractivity contribution in [3.63, 3.8) is 0 Å². The van der Waals surface area contributed by atoms with Gasteiger partial charge in [0.2, 0.25) is 5.95 Å². The largest absolute Gasteiger partial charge is 0.373 e. The maximum Gasteiger partial charge on any atom is 0.223 e. The van der Waals surface area contributed by atoms with Crippen LogP contribution in [0.15, 0.2) is 36.4 Å². The summed E-state index contributed by atoms with van der Waals surface area (Å²) in [6.07, 6.45) is 0.944. The lowest BCUT2D eigenvalue weighted by molar-refractivity contribution is 1.00. The lowest BCUT2D eigenvalue weighted by Gasteiger charge is -2.08. The van der Waals surface area contributed by atoms with Crippen LogP contribution in [0, 0.1) is 0 Å². The van der Waals surface area contributed by atoms with Gasteiger partial charge in [-0.05, 0) is 12.0 Å². The summed E-state index contributed by atoms with van der Waals surface area (Å²) in [5, 5.41) is 6.18. The maximum absolute atomic E-state index is 5.62. The number of aromatic nitrogens is 2. The third kappa shape index (κ3) is 3.35. The van der Waals surface area contributed by atoms with Gasteiger partial charge in [0.25, 0.3) is 0 Å². The molecule has 0 saturated carbocycles. The van der Waals surface area contributed by atoms with Crippen molar-refractivity contribution in [3.05, 3.63) is 42.0 Å². The van der Waals surface area contributed by atoms with Crippen LogP contribution in [-0.2, 0) is 6.42 Å². The summed E-state index contributed by atoms with van der Waals surface area (Å²) in [6, 6.07) is 12.1. The van der Waals surface area contributed by atoms with Crippen molar-refractivity contribution in [1.82, 2.24) is 9.97 Å². The average molecular weight is 243 g/mol. The van der Waals surface area contributed by atoms with E-state index in [-0.39, 0.29) is 5.95 Å². The Morgan fingerprint density at radius 3 is 2.56 bits per heavy atom. The SMILES string of the molecule is CNc1cc(NCCc2ccccc2)nc(N)n1. The molecule has 5 heteroatoms. The number of hydrogen-bond donors (Lipinski definition) is 3. The van der Waals surface area contributed by atoms with E-state index in [1.807, 2.05) is 24.3 Å². The molecule has 18 heavy (non-hydrogen) atoms. The van der Waals surface area contributed by atoms with Gasteiger partial charge in [0.15, 0.2) is 0 Å². The molecule has 0 aliphatic carbocycles. The fourth-order valence-electron chi connectivity index (χ4n) is 1.66. The van der Waals surface area contributed by atoms with Crippen LogP contribution in [0.3, 0.4) is 0 Å². The van der Waals surface area contributed by atoms with Gasteiger partial charge in [-0.15, -0.1) is 0 Å². The predicted molar refractivity (Wildman–Crippen MR) is 74.6 cm³/mol. The Labute approximate surface area is 106 Å². The van der Waals surface area contributed by atoms with E-state index in [9.17, 15) is 0 Å². The fourth-order valence-corrected chi connectivity index (χ4v) is 1.66. The molecular weight excluding hydrogens is 226 g/mol. The molecule has 1 aromatic carbocycles. The highest BCUT2D eigenvalue weighted by atomic mass is 15.1. The summed E-state index contributed by atoms with van der Waals surface area (Å²) in [7, 11) is 1.80.